The highest BCUT2D eigenvalue weighted by Crippen LogP contribution is 2.41. The highest BCUT2D eigenvalue weighted by atomic mass is 127. The van der Waals surface area contributed by atoms with Gasteiger partial charge in [-0.15, -0.1) is 0 Å². The van der Waals surface area contributed by atoms with Crippen LogP contribution in [0.4, 0.5) is 5.82 Å². The van der Waals surface area contributed by atoms with Crippen molar-refractivity contribution in [3.05, 3.63) is 15.1 Å². The lowest BCUT2D eigenvalue weighted by Crippen LogP contribution is -2.05. The van der Waals surface area contributed by atoms with Gasteiger partial charge in [0.2, 0.25) is 0 Å². The number of aromatic nitrogens is 2. The number of halogens is 1. The van der Waals surface area contributed by atoms with E-state index in [4.69, 9.17) is 5.73 Å². The van der Waals surface area contributed by atoms with Gasteiger partial charge in [-0.05, 0) is 41.7 Å². The van der Waals surface area contributed by atoms with E-state index in [0.717, 1.165) is 15.1 Å². The maximum Gasteiger partial charge on any atom is 0.140 e. The number of rotatable bonds is 3. The van der Waals surface area contributed by atoms with Gasteiger partial charge in [0.15, 0.2) is 0 Å². The highest BCUT2D eigenvalue weighted by Gasteiger charge is 2.28. The van der Waals surface area contributed by atoms with Crippen LogP contribution in [-0.4, -0.2) is 16.2 Å². The summed E-state index contributed by atoms with van der Waals surface area (Å²) >= 11 is 3.98. The summed E-state index contributed by atoms with van der Waals surface area (Å²) in [6, 6.07) is 0. The van der Waals surface area contributed by atoms with Crippen molar-refractivity contribution in [3.8, 4) is 0 Å². The highest BCUT2D eigenvalue weighted by molar-refractivity contribution is 14.1. The van der Waals surface area contributed by atoms with Crippen LogP contribution in [0.15, 0.2) is 0 Å². The molecule has 1 aromatic rings. The molecule has 2 N–H and O–H groups in total. The smallest absolute Gasteiger partial charge is 0.140 e. The number of hydrogen-bond donors (Lipinski definition) is 1. The van der Waals surface area contributed by atoms with Gasteiger partial charge in [0.25, 0.3) is 0 Å². The van der Waals surface area contributed by atoms with Crippen molar-refractivity contribution in [2.24, 2.45) is 0 Å². The SMILES string of the molecule is CSCc1nc(N)c(I)c(C2CC2)n1. The normalized spacial score (nSPS) is 15.9. The Balaban J connectivity index is 2.36. The molecular formula is C9H12IN3S. The first-order chi connectivity index (χ1) is 6.72. The second-order valence-electron chi connectivity index (χ2n) is 3.43. The number of nitrogen functional groups attached to an aromatic ring is 1. The summed E-state index contributed by atoms with van der Waals surface area (Å²) in [5.41, 5.74) is 7.02. The molecule has 1 fully saturated rings. The predicted molar refractivity (Wildman–Crippen MR) is 68.4 cm³/mol. The van der Waals surface area contributed by atoms with Gasteiger partial charge in [-0.25, -0.2) is 9.97 Å². The number of hydrogen-bond acceptors (Lipinski definition) is 4. The van der Waals surface area contributed by atoms with E-state index in [9.17, 15) is 0 Å². The first kappa shape index (κ1) is 10.5. The van der Waals surface area contributed by atoms with Gasteiger partial charge in [-0.3, -0.25) is 0 Å². The zero-order valence-electron chi connectivity index (χ0n) is 7.96. The van der Waals surface area contributed by atoms with E-state index < -0.39 is 0 Å². The Morgan fingerprint density at radius 1 is 1.50 bits per heavy atom. The second-order valence-corrected chi connectivity index (χ2v) is 5.38. The van der Waals surface area contributed by atoms with Crippen molar-refractivity contribution in [1.82, 2.24) is 9.97 Å². The summed E-state index contributed by atoms with van der Waals surface area (Å²) in [4.78, 5) is 8.84. The Bertz CT molecular complexity index is 352. The standard InChI is InChI=1S/C9H12IN3S/c1-14-4-6-12-8(5-2-3-5)7(10)9(11)13-6/h5H,2-4H2,1H3,(H2,11,12,13). The second kappa shape index (κ2) is 4.22. The fraction of sp³-hybridized carbons (Fsp3) is 0.556. The third kappa shape index (κ3) is 2.13. The Morgan fingerprint density at radius 2 is 2.21 bits per heavy atom. The molecule has 2 rings (SSSR count). The van der Waals surface area contributed by atoms with Gasteiger partial charge in [0, 0.05) is 5.92 Å². The third-order valence-corrected chi connectivity index (χ3v) is 3.84. The van der Waals surface area contributed by atoms with Crippen LogP contribution in [0.3, 0.4) is 0 Å². The van der Waals surface area contributed by atoms with Gasteiger partial charge < -0.3 is 5.73 Å². The summed E-state index contributed by atoms with van der Waals surface area (Å²) in [6.07, 6.45) is 4.56. The molecule has 0 aromatic carbocycles. The van der Waals surface area contributed by atoms with Crippen LogP contribution in [0.25, 0.3) is 0 Å². The Morgan fingerprint density at radius 3 is 2.79 bits per heavy atom. The Kier molecular flexibility index (Phi) is 3.16. The molecule has 0 aliphatic heterocycles. The molecular weight excluding hydrogens is 309 g/mol. The maximum absolute atomic E-state index is 5.85. The molecule has 0 atom stereocenters. The lowest BCUT2D eigenvalue weighted by Gasteiger charge is -2.07. The minimum absolute atomic E-state index is 0.645. The van der Waals surface area contributed by atoms with Gasteiger partial charge in [-0.1, -0.05) is 0 Å². The van der Waals surface area contributed by atoms with Gasteiger partial charge in [0.1, 0.15) is 11.6 Å². The predicted octanol–water partition coefficient (Wildman–Crippen LogP) is 2.40. The van der Waals surface area contributed by atoms with Crippen LogP contribution in [-0.2, 0) is 5.75 Å². The van der Waals surface area contributed by atoms with Crippen LogP contribution in [0, 0.1) is 3.57 Å². The van der Waals surface area contributed by atoms with E-state index in [0.29, 0.717) is 11.7 Å². The van der Waals surface area contributed by atoms with Crippen LogP contribution in [0.5, 0.6) is 0 Å². The van der Waals surface area contributed by atoms with Crippen molar-refractivity contribution < 1.29 is 0 Å². The molecule has 76 valence electrons. The lowest BCUT2D eigenvalue weighted by molar-refractivity contribution is 0.925. The van der Waals surface area contributed by atoms with E-state index in [1.54, 1.807) is 11.8 Å². The topological polar surface area (TPSA) is 51.8 Å². The molecule has 0 amide bonds. The van der Waals surface area contributed by atoms with Gasteiger partial charge in [0.05, 0.1) is 15.0 Å². The number of nitrogens with two attached hydrogens (primary N) is 1. The zero-order valence-corrected chi connectivity index (χ0v) is 10.9. The minimum Gasteiger partial charge on any atom is -0.383 e. The van der Waals surface area contributed by atoms with Crippen molar-refractivity contribution >= 4 is 40.2 Å². The first-order valence-corrected chi connectivity index (χ1v) is 7.00. The van der Waals surface area contributed by atoms with Crippen molar-refractivity contribution in [2.45, 2.75) is 24.5 Å². The summed E-state index contributed by atoms with van der Waals surface area (Å²) < 4.78 is 1.05. The first-order valence-electron chi connectivity index (χ1n) is 4.53. The van der Waals surface area contributed by atoms with Gasteiger partial charge in [-0.2, -0.15) is 11.8 Å². The number of thioether (sulfide) groups is 1. The van der Waals surface area contributed by atoms with Crippen LogP contribution >= 0.6 is 34.4 Å². The number of anilines is 1. The fourth-order valence-corrected chi connectivity index (χ4v) is 2.42. The Hall–Kier alpha value is -0.0400. The average molecular weight is 321 g/mol. The van der Waals surface area contributed by atoms with E-state index in [1.807, 2.05) is 6.26 Å². The van der Waals surface area contributed by atoms with Crippen molar-refractivity contribution in [3.63, 3.8) is 0 Å². The summed E-state index contributed by atoms with van der Waals surface area (Å²) in [5.74, 6) is 3.01. The molecule has 5 heteroatoms. The largest absolute Gasteiger partial charge is 0.383 e. The minimum atomic E-state index is 0.645. The average Bonchev–Trinajstić information content (AvgIpc) is 2.94. The molecule has 14 heavy (non-hydrogen) atoms. The van der Waals surface area contributed by atoms with E-state index in [2.05, 4.69) is 32.6 Å². The van der Waals surface area contributed by atoms with Gasteiger partial charge >= 0.3 is 0 Å². The summed E-state index contributed by atoms with van der Waals surface area (Å²) in [7, 11) is 0. The quantitative estimate of drug-likeness (QED) is 0.869. The molecule has 1 aliphatic carbocycles. The maximum atomic E-state index is 5.85. The summed E-state index contributed by atoms with van der Waals surface area (Å²) in [6.45, 7) is 0. The molecule has 1 aromatic heterocycles. The Labute approximate surface area is 101 Å². The van der Waals surface area contributed by atoms with E-state index in [-0.39, 0.29) is 0 Å². The van der Waals surface area contributed by atoms with E-state index in [1.165, 1.54) is 18.5 Å². The molecule has 0 saturated heterocycles. The van der Waals surface area contributed by atoms with Crippen LogP contribution < -0.4 is 5.73 Å². The molecule has 0 spiro atoms. The van der Waals surface area contributed by atoms with Crippen molar-refractivity contribution in [2.75, 3.05) is 12.0 Å². The molecule has 1 saturated carbocycles. The molecule has 0 bridgehead atoms. The fourth-order valence-electron chi connectivity index (χ4n) is 1.35. The van der Waals surface area contributed by atoms with Crippen LogP contribution in [0.1, 0.15) is 30.3 Å². The zero-order chi connectivity index (χ0) is 10.1. The molecule has 1 aliphatic rings. The third-order valence-electron chi connectivity index (χ3n) is 2.19. The van der Waals surface area contributed by atoms with Crippen molar-refractivity contribution in [1.29, 1.82) is 0 Å². The van der Waals surface area contributed by atoms with Crippen LogP contribution in [0.2, 0.25) is 0 Å². The molecule has 0 radical (unpaired) electrons. The molecule has 3 nitrogen and oxygen atoms in total. The molecule has 1 heterocycles. The monoisotopic (exact) mass is 321 g/mol. The van der Waals surface area contributed by atoms with E-state index >= 15 is 0 Å². The summed E-state index contributed by atoms with van der Waals surface area (Å²) in [5, 5.41) is 0. The lowest BCUT2D eigenvalue weighted by atomic mass is 10.3. The molecule has 0 unspecified atom stereocenters. The number of nitrogens with zero attached hydrogens (tertiary/aromatic N) is 2.